The van der Waals surface area contributed by atoms with Gasteiger partial charge in [0.2, 0.25) is 0 Å². The number of hydrogen-bond donors (Lipinski definition) is 2. The predicted octanol–water partition coefficient (Wildman–Crippen LogP) is 2.27. The van der Waals surface area contributed by atoms with E-state index in [9.17, 15) is 5.11 Å². The molecule has 0 aliphatic carbocycles. The van der Waals surface area contributed by atoms with E-state index in [0.29, 0.717) is 11.8 Å². The largest absolute Gasteiger partial charge is 0.371 e. The monoisotopic (exact) mass is 332 g/mol. The summed E-state index contributed by atoms with van der Waals surface area (Å²) in [4.78, 5) is 2.33. The van der Waals surface area contributed by atoms with Crippen LogP contribution in [0.15, 0.2) is 24.3 Å². The normalized spacial score (nSPS) is 19.6. The fourth-order valence-electron chi connectivity index (χ4n) is 2.12. The Balaban J connectivity index is 2.09. The second-order valence-electron chi connectivity index (χ2n) is 4.48. The number of nitrogens with zero attached hydrogens (tertiary/aromatic N) is 1. The minimum Gasteiger partial charge on any atom is -0.371 e. The van der Waals surface area contributed by atoms with Gasteiger partial charge in [-0.05, 0) is 17.7 Å². The Morgan fingerprint density at radius 1 is 1.28 bits per heavy atom. The van der Waals surface area contributed by atoms with E-state index in [0.717, 1.165) is 31.7 Å². The molecule has 18 heavy (non-hydrogen) atoms. The number of piperazine rings is 1. The van der Waals surface area contributed by atoms with Gasteiger partial charge in [-0.25, -0.2) is 0 Å². The van der Waals surface area contributed by atoms with Crippen molar-refractivity contribution in [2.75, 3.05) is 36.4 Å². The number of alkyl halides is 2. The molecule has 2 N–H and O–H groups in total. The third kappa shape index (κ3) is 3.38. The zero-order valence-corrected chi connectivity index (χ0v) is 12.5. The van der Waals surface area contributed by atoms with Crippen LogP contribution in [0, 0.1) is 0 Å². The van der Waals surface area contributed by atoms with E-state index < -0.39 is 5.06 Å². The molecule has 1 aliphatic heterocycles. The third-order valence-corrected chi connectivity index (χ3v) is 4.02. The molecule has 2 rings (SSSR count). The van der Waals surface area contributed by atoms with Gasteiger partial charge in [0.25, 0.3) is 0 Å². The standard InChI is InChI=1S/C13H18BrClN2O/c14-6-5-13(15,18)11-1-3-12(4-2-11)17-9-7-16-8-10-17/h1-4,16,18H,5-10H2. The number of hydrogen-bond acceptors (Lipinski definition) is 3. The van der Waals surface area contributed by atoms with E-state index in [1.165, 1.54) is 5.69 Å². The lowest BCUT2D eigenvalue weighted by molar-refractivity contribution is 0.126. The molecule has 0 aromatic heterocycles. The van der Waals surface area contributed by atoms with E-state index >= 15 is 0 Å². The quantitative estimate of drug-likeness (QED) is 0.830. The Labute approximate surface area is 121 Å². The second kappa shape index (κ2) is 6.24. The summed E-state index contributed by atoms with van der Waals surface area (Å²) in [5.74, 6) is 0. The van der Waals surface area contributed by atoms with Crippen molar-refractivity contribution in [3.05, 3.63) is 29.8 Å². The summed E-state index contributed by atoms with van der Waals surface area (Å²) in [5.41, 5.74) is 1.94. The van der Waals surface area contributed by atoms with Crippen molar-refractivity contribution in [1.29, 1.82) is 0 Å². The fraction of sp³-hybridized carbons (Fsp3) is 0.538. The first-order valence-corrected chi connectivity index (χ1v) is 7.67. The van der Waals surface area contributed by atoms with Crippen molar-refractivity contribution < 1.29 is 5.11 Å². The van der Waals surface area contributed by atoms with Crippen LogP contribution in [0.25, 0.3) is 0 Å². The number of benzene rings is 1. The Morgan fingerprint density at radius 2 is 1.89 bits per heavy atom. The van der Waals surface area contributed by atoms with Crippen LogP contribution in [0.4, 0.5) is 5.69 Å². The number of anilines is 1. The second-order valence-corrected chi connectivity index (χ2v) is 5.90. The highest BCUT2D eigenvalue weighted by atomic mass is 79.9. The molecule has 1 atom stereocenters. The van der Waals surface area contributed by atoms with Crippen molar-refractivity contribution in [2.45, 2.75) is 11.5 Å². The van der Waals surface area contributed by atoms with Crippen LogP contribution < -0.4 is 10.2 Å². The molecular weight excluding hydrogens is 316 g/mol. The highest BCUT2D eigenvalue weighted by Gasteiger charge is 2.25. The zero-order chi connectivity index (χ0) is 13.0. The number of rotatable bonds is 4. The summed E-state index contributed by atoms with van der Waals surface area (Å²) in [6.45, 7) is 4.08. The van der Waals surface area contributed by atoms with Gasteiger partial charge >= 0.3 is 0 Å². The maximum Gasteiger partial charge on any atom is 0.165 e. The summed E-state index contributed by atoms with van der Waals surface area (Å²) in [6, 6.07) is 7.88. The Hall–Kier alpha value is -0.290. The molecule has 100 valence electrons. The first-order chi connectivity index (χ1) is 8.63. The average molecular weight is 334 g/mol. The molecule has 0 radical (unpaired) electrons. The van der Waals surface area contributed by atoms with Crippen LogP contribution in [0.2, 0.25) is 0 Å². The molecule has 1 unspecified atom stereocenters. The van der Waals surface area contributed by atoms with E-state index in [-0.39, 0.29) is 0 Å². The minimum absolute atomic E-state index is 0.488. The SMILES string of the molecule is OC(Cl)(CCBr)c1ccc(N2CCNCC2)cc1. The molecule has 1 aliphatic rings. The zero-order valence-electron chi connectivity index (χ0n) is 10.2. The molecule has 0 saturated carbocycles. The molecule has 0 spiro atoms. The molecule has 0 bridgehead atoms. The van der Waals surface area contributed by atoms with Gasteiger partial charge in [-0.15, -0.1) is 0 Å². The Morgan fingerprint density at radius 3 is 2.44 bits per heavy atom. The number of nitrogens with one attached hydrogen (secondary N) is 1. The topological polar surface area (TPSA) is 35.5 Å². The van der Waals surface area contributed by atoms with Crippen molar-refractivity contribution in [3.8, 4) is 0 Å². The van der Waals surface area contributed by atoms with Gasteiger partial charge < -0.3 is 15.3 Å². The third-order valence-electron chi connectivity index (χ3n) is 3.22. The van der Waals surface area contributed by atoms with Crippen LogP contribution in [0.5, 0.6) is 0 Å². The van der Waals surface area contributed by atoms with E-state index in [2.05, 4.69) is 26.1 Å². The van der Waals surface area contributed by atoms with Gasteiger partial charge in [-0.3, -0.25) is 0 Å². The van der Waals surface area contributed by atoms with Gasteiger partial charge in [0, 0.05) is 43.6 Å². The van der Waals surface area contributed by atoms with Crippen molar-refractivity contribution in [3.63, 3.8) is 0 Å². The van der Waals surface area contributed by atoms with Crippen molar-refractivity contribution in [1.82, 2.24) is 5.32 Å². The predicted molar refractivity (Wildman–Crippen MR) is 79.7 cm³/mol. The Kier molecular flexibility index (Phi) is 4.90. The molecule has 1 aromatic carbocycles. The molecule has 1 aromatic rings. The van der Waals surface area contributed by atoms with Crippen LogP contribution in [0.1, 0.15) is 12.0 Å². The van der Waals surface area contributed by atoms with E-state index in [4.69, 9.17) is 11.6 Å². The summed E-state index contributed by atoms with van der Waals surface area (Å²) in [6.07, 6.45) is 0.488. The fourth-order valence-corrected chi connectivity index (χ4v) is 3.14. The lowest BCUT2D eigenvalue weighted by atomic mass is 10.1. The molecule has 1 fully saturated rings. The maximum atomic E-state index is 10.1. The smallest absolute Gasteiger partial charge is 0.165 e. The van der Waals surface area contributed by atoms with Crippen LogP contribution >= 0.6 is 27.5 Å². The van der Waals surface area contributed by atoms with E-state index in [1.54, 1.807) is 0 Å². The minimum atomic E-state index is -1.27. The lowest BCUT2D eigenvalue weighted by Gasteiger charge is -2.30. The first-order valence-electron chi connectivity index (χ1n) is 6.17. The van der Waals surface area contributed by atoms with Gasteiger partial charge in [0.15, 0.2) is 5.06 Å². The number of halogens is 2. The van der Waals surface area contributed by atoms with Gasteiger partial charge in [-0.1, -0.05) is 39.7 Å². The highest BCUT2D eigenvalue weighted by molar-refractivity contribution is 9.09. The molecular formula is C13H18BrClN2O. The van der Waals surface area contributed by atoms with Crippen molar-refractivity contribution >= 4 is 33.2 Å². The van der Waals surface area contributed by atoms with E-state index in [1.807, 2.05) is 24.3 Å². The van der Waals surface area contributed by atoms with Crippen LogP contribution in [-0.2, 0) is 5.06 Å². The molecule has 1 heterocycles. The molecule has 1 saturated heterocycles. The van der Waals surface area contributed by atoms with Gasteiger partial charge in [0.05, 0.1) is 0 Å². The molecule has 5 heteroatoms. The summed E-state index contributed by atoms with van der Waals surface area (Å²) < 4.78 is 0. The van der Waals surface area contributed by atoms with Crippen LogP contribution in [0.3, 0.4) is 0 Å². The molecule has 0 amide bonds. The molecule has 3 nitrogen and oxygen atoms in total. The maximum absolute atomic E-state index is 10.1. The summed E-state index contributed by atoms with van der Waals surface area (Å²) in [5, 5.41) is 12.8. The van der Waals surface area contributed by atoms with Gasteiger partial charge in [0.1, 0.15) is 0 Å². The summed E-state index contributed by atoms with van der Waals surface area (Å²) in [7, 11) is 0. The van der Waals surface area contributed by atoms with Gasteiger partial charge in [-0.2, -0.15) is 0 Å². The first kappa shape index (κ1) is 14.1. The van der Waals surface area contributed by atoms with Crippen LogP contribution in [-0.4, -0.2) is 36.6 Å². The number of aliphatic hydroxyl groups is 1. The lowest BCUT2D eigenvalue weighted by Crippen LogP contribution is -2.43. The Bertz CT molecular complexity index is 377. The highest BCUT2D eigenvalue weighted by Crippen LogP contribution is 2.31. The van der Waals surface area contributed by atoms with Crippen molar-refractivity contribution in [2.24, 2.45) is 0 Å². The average Bonchev–Trinajstić information content (AvgIpc) is 2.40. The summed E-state index contributed by atoms with van der Waals surface area (Å²) >= 11 is 9.40.